The van der Waals surface area contributed by atoms with Crippen molar-refractivity contribution in [3.8, 4) is 0 Å². The number of amides is 2. The highest BCUT2D eigenvalue weighted by molar-refractivity contribution is 5.74. The van der Waals surface area contributed by atoms with Crippen molar-refractivity contribution in [1.29, 1.82) is 0 Å². The number of alkyl halides is 3. The minimum absolute atomic E-state index is 0.160. The van der Waals surface area contributed by atoms with E-state index < -0.39 is 18.8 Å². The van der Waals surface area contributed by atoms with Crippen molar-refractivity contribution >= 4 is 6.03 Å². The highest BCUT2D eigenvalue weighted by atomic mass is 19.4. The van der Waals surface area contributed by atoms with Crippen LogP contribution in [0.5, 0.6) is 0 Å². The van der Waals surface area contributed by atoms with Crippen molar-refractivity contribution in [2.24, 2.45) is 11.7 Å². The number of halogens is 3. The summed E-state index contributed by atoms with van der Waals surface area (Å²) >= 11 is 0. The van der Waals surface area contributed by atoms with Crippen molar-refractivity contribution in [2.75, 3.05) is 19.6 Å². The SMILES string of the molecule is CC1CCN(C(=O)NCC(F)(F)F)C(CN)C1. The van der Waals surface area contributed by atoms with Crippen molar-refractivity contribution < 1.29 is 18.0 Å². The topological polar surface area (TPSA) is 58.4 Å². The number of carbonyl (C=O) groups is 1. The third-order valence-electron chi connectivity index (χ3n) is 2.95. The fraction of sp³-hybridized carbons (Fsp3) is 0.900. The van der Waals surface area contributed by atoms with Crippen molar-refractivity contribution in [3.63, 3.8) is 0 Å². The molecule has 2 unspecified atom stereocenters. The van der Waals surface area contributed by atoms with Crippen LogP contribution < -0.4 is 11.1 Å². The van der Waals surface area contributed by atoms with Crippen LogP contribution in [0.15, 0.2) is 0 Å². The predicted molar refractivity (Wildman–Crippen MR) is 57.4 cm³/mol. The maximum absolute atomic E-state index is 12.0. The second kappa shape index (κ2) is 5.57. The van der Waals surface area contributed by atoms with E-state index in [-0.39, 0.29) is 12.6 Å². The quantitative estimate of drug-likeness (QED) is 0.779. The molecule has 3 N–H and O–H groups in total. The Kier molecular flexibility index (Phi) is 4.62. The number of rotatable bonds is 2. The zero-order valence-corrected chi connectivity index (χ0v) is 9.76. The Hall–Kier alpha value is -0.980. The van der Waals surface area contributed by atoms with Crippen LogP contribution in [-0.4, -0.2) is 42.8 Å². The van der Waals surface area contributed by atoms with Crippen LogP contribution in [0, 0.1) is 5.92 Å². The Bertz CT molecular complexity index is 270. The molecule has 2 amide bonds. The molecule has 0 radical (unpaired) electrons. The summed E-state index contributed by atoms with van der Waals surface area (Å²) in [6, 6.07) is -0.836. The van der Waals surface area contributed by atoms with Crippen molar-refractivity contribution in [1.82, 2.24) is 10.2 Å². The van der Waals surface area contributed by atoms with E-state index >= 15 is 0 Å². The van der Waals surface area contributed by atoms with Gasteiger partial charge >= 0.3 is 12.2 Å². The van der Waals surface area contributed by atoms with Gasteiger partial charge in [-0.1, -0.05) is 6.92 Å². The first-order valence-electron chi connectivity index (χ1n) is 5.64. The number of nitrogens with zero attached hydrogens (tertiary/aromatic N) is 1. The zero-order chi connectivity index (χ0) is 13.1. The lowest BCUT2D eigenvalue weighted by atomic mass is 9.93. The molecule has 0 aromatic heterocycles. The summed E-state index contributed by atoms with van der Waals surface area (Å²) in [5, 5.41) is 1.88. The molecule has 4 nitrogen and oxygen atoms in total. The third kappa shape index (κ3) is 4.41. The van der Waals surface area contributed by atoms with E-state index in [2.05, 4.69) is 0 Å². The van der Waals surface area contributed by atoms with Crippen LogP contribution >= 0.6 is 0 Å². The highest BCUT2D eigenvalue weighted by Gasteiger charge is 2.32. The number of carbonyl (C=O) groups excluding carboxylic acids is 1. The van der Waals surface area contributed by atoms with Gasteiger partial charge in [-0.15, -0.1) is 0 Å². The fourth-order valence-corrected chi connectivity index (χ4v) is 2.02. The van der Waals surface area contributed by atoms with E-state index in [9.17, 15) is 18.0 Å². The Balaban J connectivity index is 2.50. The highest BCUT2D eigenvalue weighted by Crippen LogP contribution is 2.22. The Morgan fingerprint density at radius 3 is 2.71 bits per heavy atom. The number of hydrogen-bond donors (Lipinski definition) is 2. The fourth-order valence-electron chi connectivity index (χ4n) is 2.02. The summed E-state index contributed by atoms with van der Waals surface area (Å²) in [5.74, 6) is 0.454. The first kappa shape index (κ1) is 14.1. The Morgan fingerprint density at radius 1 is 1.53 bits per heavy atom. The van der Waals surface area contributed by atoms with Gasteiger partial charge in [0, 0.05) is 19.1 Å². The molecule has 0 spiro atoms. The van der Waals surface area contributed by atoms with Crippen LogP contribution in [0.25, 0.3) is 0 Å². The van der Waals surface area contributed by atoms with Gasteiger partial charge in [0.2, 0.25) is 0 Å². The Labute approximate surface area is 98.3 Å². The molecule has 1 rings (SSSR count). The molecule has 17 heavy (non-hydrogen) atoms. The molecule has 100 valence electrons. The van der Waals surface area contributed by atoms with E-state index in [0.29, 0.717) is 12.5 Å². The van der Waals surface area contributed by atoms with Crippen molar-refractivity contribution in [2.45, 2.75) is 32.0 Å². The van der Waals surface area contributed by atoms with Gasteiger partial charge in [-0.2, -0.15) is 13.2 Å². The zero-order valence-electron chi connectivity index (χ0n) is 9.76. The minimum Gasteiger partial charge on any atom is -0.329 e. The van der Waals surface area contributed by atoms with E-state index in [1.165, 1.54) is 4.90 Å². The Morgan fingerprint density at radius 2 is 2.18 bits per heavy atom. The first-order chi connectivity index (χ1) is 7.83. The van der Waals surface area contributed by atoms with Gasteiger partial charge < -0.3 is 16.0 Å². The summed E-state index contributed by atoms with van der Waals surface area (Å²) in [5.41, 5.74) is 5.53. The smallest absolute Gasteiger partial charge is 0.329 e. The van der Waals surface area contributed by atoms with E-state index in [1.807, 2.05) is 12.2 Å². The molecular weight excluding hydrogens is 235 g/mol. The summed E-state index contributed by atoms with van der Waals surface area (Å²) < 4.78 is 35.9. The molecule has 1 fully saturated rings. The number of likely N-dealkylation sites (tertiary alicyclic amines) is 1. The number of hydrogen-bond acceptors (Lipinski definition) is 2. The molecule has 2 atom stereocenters. The normalized spacial score (nSPS) is 25.8. The molecule has 7 heteroatoms. The third-order valence-corrected chi connectivity index (χ3v) is 2.95. The van der Waals surface area contributed by atoms with E-state index in [0.717, 1.165) is 12.8 Å². The second-order valence-corrected chi connectivity index (χ2v) is 4.49. The first-order valence-corrected chi connectivity index (χ1v) is 5.64. The lowest BCUT2D eigenvalue weighted by Crippen LogP contribution is -2.53. The average Bonchev–Trinajstić information content (AvgIpc) is 2.24. The monoisotopic (exact) mass is 253 g/mol. The summed E-state index contributed by atoms with van der Waals surface area (Å²) in [4.78, 5) is 13.0. The van der Waals surface area contributed by atoms with Crippen LogP contribution in [-0.2, 0) is 0 Å². The largest absolute Gasteiger partial charge is 0.405 e. The predicted octanol–water partition coefficient (Wildman–Crippen LogP) is 1.32. The van der Waals surface area contributed by atoms with Gasteiger partial charge in [-0.25, -0.2) is 4.79 Å². The second-order valence-electron chi connectivity index (χ2n) is 4.49. The van der Waals surface area contributed by atoms with E-state index in [1.54, 1.807) is 0 Å². The number of nitrogens with two attached hydrogens (primary N) is 1. The molecule has 0 saturated carbocycles. The summed E-state index contributed by atoms with van der Waals surface area (Å²) in [6.45, 7) is 1.50. The van der Waals surface area contributed by atoms with Gasteiger partial charge in [0.15, 0.2) is 0 Å². The van der Waals surface area contributed by atoms with Gasteiger partial charge in [-0.05, 0) is 18.8 Å². The molecule has 0 bridgehead atoms. The molecule has 1 aliphatic heterocycles. The maximum Gasteiger partial charge on any atom is 0.405 e. The molecule has 1 heterocycles. The molecule has 0 aliphatic carbocycles. The van der Waals surface area contributed by atoms with Crippen LogP contribution in [0.4, 0.5) is 18.0 Å². The lowest BCUT2D eigenvalue weighted by molar-refractivity contribution is -0.123. The van der Waals surface area contributed by atoms with Gasteiger partial charge in [0.05, 0.1) is 0 Å². The van der Waals surface area contributed by atoms with E-state index in [4.69, 9.17) is 5.73 Å². The maximum atomic E-state index is 12.0. The summed E-state index contributed by atoms with van der Waals surface area (Å²) in [7, 11) is 0. The van der Waals surface area contributed by atoms with Crippen molar-refractivity contribution in [3.05, 3.63) is 0 Å². The number of nitrogens with one attached hydrogen (secondary N) is 1. The van der Waals surface area contributed by atoms with Gasteiger partial charge in [-0.3, -0.25) is 0 Å². The molecular formula is C10H18F3N3O. The lowest BCUT2D eigenvalue weighted by Gasteiger charge is -2.37. The molecule has 1 saturated heterocycles. The van der Waals surface area contributed by atoms with Crippen LogP contribution in [0.3, 0.4) is 0 Å². The number of urea groups is 1. The number of piperidine rings is 1. The van der Waals surface area contributed by atoms with Crippen LogP contribution in [0.2, 0.25) is 0 Å². The van der Waals surface area contributed by atoms with Gasteiger partial charge in [0.1, 0.15) is 6.54 Å². The summed E-state index contributed by atoms with van der Waals surface area (Å²) in [6.07, 6.45) is -2.83. The van der Waals surface area contributed by atoms with Crippen LogP contribution in [0.1, 0.15) is 19.8 Å². The molecule has 0 aromatic rings. The standard InChI is InChI=1S/C10H18F3N3O/c1-7-2-3-16(8(4-7)5-14)9(17)15-6-10(11,12)13/h7-8H,2-6,14H2,1H3,(H,15,17). The molecule has 1 aliphatic rings. The molecule has 0 aromatic carbocycles. The minimum atomic E-state index is -4.38. The average molecular weight is 253 g/mol. The van der Waals surface area contributed by atoms with Gasteiger partial charge in [0.25, 0.3) is 0 Å².